The first kappa shape index (κ1) is 12.4. The van der Waals surface area contributed by atoms with Gasteiger partial charge in [-0.1, -0.05) is 13.8 Å². The summed E-state index contributed by atoms with van der Waals surface area (Å²) in [5.41, 5.74) is 0. The third-order valence-corrected chi connectivity index (χ3v) is 3.33. The lowest BCUT2D eigenvalue weighted by Crippen LogP contribution is -2.18. The molecule has 0 amide bonds. The number of aryl methyl sites for hydroxylation is 1. The van der Waals surface area contributed by atoms with Crippen molar-refractivity contribution in [2.24, 2.45) is 0 Å². The van der Waals surface area contributed by atoms with Crippen molar-refractivity contribution in [3.8, 4) is 0 Å². The Morgan fingerprint density at radius 2 is 2.33 bits per heavy atom. The van der Waals surface area contributed by atoms with Crippen LogP contribution in [0, 0.1) is 0 Å². The standard InChI is InChI=1S/C9H19N5S/c1-4-10-7-9-11-12-13-14(9)6-5-8(2)15-3/h8,10H,4-7H2,1-3H3. The van der Waals surface area contributed by atoms with Gasteiger partial charge in [0, 0.05) is 11.8 Å². The molecule has 1 atom stereocenters. The van der Waals surface area contributed by atoms with E-state index in [0.29, 0.717) is 5.25 Å². The lowest BCUT2D eigenvalue weighted by molar-refractivity contribution is 0.524. The largest absolute Gasteiger partial charge is 0.310 e. The zero-order valence-electron chi connectivity index (χ0n) is 9.60. The molecule has 0 bridgehead atoms. The summed E-state index contributed by atoms with van der Waals surface area (Å²) in [4.78, 5) is 0. The summed E-state index contributed by atoms with van der Waals surface area (Å²) in [6.07, 6.45) is 3.23. The second-order valence-corrected chi connectivity index (χ2v) is 4.71. The maximum absolute atomic E-state index is 3.99. The van der Waals surface area contributed by atoms with Gasteiger partial charge in [0.05, 0.1) is 6.54 Å². The fraction of sp³-hybridized carbons (Fsp3) is 0.889. The van der Waals surface area contributed by atoms with E-state index < -0.39 is 0 Å². The molecule has 6 heteroatoms. The van der Waals surface area contributed by atoms with Gasteiger partial charge in [0.15, 0.2) is 5.82 Å². The normalized spacial score (nSPS) is 13.0. The molecule has 0 aromatic carbocycles. The molecular weight excluding hydrogens is 210 g/mol. The number of aromatic nitrogens is 4. The number of tetrazole rings is 1. The highest BCUT2D eigenvalue weighted by molar-refractivity contribution is 7.99. The summed E-state index contributed by atoms with van der Waals surface area (Å²) >= 11 is 1.87. The predicted octanol–water partition coefficient (Wildman–Crippen LogP) is 0.924. The maximum Gasteiger partial charge on any atom is 0.165 e. The fourth-order valence-corrected chi connectivity index (χ4v) is 1.52. The first-order chi connectivity index (χ1) is 7.27. The second-order valence-electron chi connectivity index (χ2n) is 3.43. The Balaban J connectivity index is 2.42. The molecule has 1 heterocycles. The van der Waals surface area contributed by atoms with E-state index in [1.165, 1.54) is 0 Å². The number of nitrogens with zero attached hydrogens (tertiary/aromatic N) is 4. The van der Waals surface area contributed by atoms with Gasteiger partial charge in [-0.25, -0.2) is 4.68 Å². The molecule has 1 aromatic heterocycles. The van der Waals surface area contributed by atoms with Crippen LogP contribution in [-0.2, 0) is 13.1 Å². The van der Waals surface area contributed by atoms with Crippen molar-refractivity contribution in [3.63, 3.8) is 0 Å². The molecule has 0 saturated heterocycles. The van der Waals surface area contributed by atoms with Gasteiger partial charge >= 0.3 is 0 Å². The summed E-state index contributed by atoms with van der Waals surface area (Å²) in [5.74, 6) is 0.921. The molecule has 0 aliphatic heterocycles. The number of hydrogen-bond acceptors (Lipinski definition) is 5. The van der Waals surface area contributed by atoms with Gasteiger partial charge in [0.2, 0.25) is 0 Å². The minimum atomic E-state index is 0.654. The quantitative estimate of drug-likeness (QED) is 0.753. The highest BCUT2D eigenvalue weighted by Gasteiger charge is 2.06. The highest BCUT2D eigenvalue weighted by atomic mass is 32.2. The van der Waals surface area contributed by atoms with E-state index in [0.717, 1.165) is 31.9 Å². The van der Waals surface area contributed by atoms with Crippen LogP contribution in [0.4, 0.5) is 0 Å². The Hall–Kier alpha value is -0.620. The Labute approximate surface area is 95.0 Å². The molecule has 0 aliphatic carbocycles. The van der Waals surface area contributed by atoms with Gasteiger partial charge in [-0.2, -0.15) is 11.8 Å². The summed E-state index contributed by atoms with van der Waals surface area (Å²) in [6, 6.07) is 0. The lowest BCUT2D eigenvalue weighted by Gasteiger charge is -2.08. The molecule has 1 rings (SSSR count). The number of rotatable bonds is 7. The average Bonchev–Trinajstić information content (AvgIpc) is 2.70. The molecule has 0 spiro atoms. The molecule has 1 unspecified atom stereocenters. The van der Waals surface area contributed by atoms with Crippen LogP contribution in [0.15, 0.2) is 0 Å². The third kappa shape index (κ3) is 4.17. The van der Waals surface area contributed by atoms with E-state index >= 15 is 0 Å². The van der Waals surface area contributed by atoms with Gasteiger partial charge in [-0.05, 0) is 29.6 Å². The Morgan fingerprint density at radius 1 is 1.53 bits per heavy atom. The Bertz CT molecular complexity index is 275. The molecule has 0 radical (unpaired) electrons. The zero-order chi connectivity index (χ0) is 11.1. The van der Waals surface area contributed by atoms with Crippen LogP contribution in [-0.4, -0.2) is 38.3 Å². The topological polar surface area (TPSA) is 55.6 Å². The summed E-state index contributed by atoms with van der Waals surface area (Å²) in [5, 5.41) is 15.5. The summed E-state index contributed by atoms with van der Waals surface area (Å²) in [6.45, 7) is 6.88. The molecule has 0 fully saturated rings. The minimum absolute atomic E-state index is 0.654. The van der Waals surface area contributed by atoms with Crippen molar-refractivity contribution in [2.75, 3.05) is 12.8 Å². The van der Waals surface area contributed by atoms with E-state index in [4.69, 9.17) is 0 Å². The molecule has 86 valence electrons. The first-order valence-corrected chi connectivity index (χ1v) is 6.55. The van der Waals surface area contributed by atoms with E-state index in [2.05, 4.69) is 40.9 Å². The van der Waals surface area contributed by atoms with Gasteiger partial charge in [-0.3, -0.25) is 0 Å². The van der Waals surface area contributed by atoms with Crippen molar-refractivity contribution >= 4 is 11.8 Å². The van der Waals surface area contributed by atoms with Crippen molar-refractivity contribution in [1.82, 2.24) is 25.5 Å². The van der Waals surface area contributed by atoms with Crippen LogP contribution < -0.4 is 5.32 Å². The SMILES string of the molecule is CCNCc1nnnn1CCC(C)SC. The van der Waals surface area contributed by atoms with E-state index in [9.17, 15) is 0 Å². The van der Waals surface area contributed by atoms with E-state index in [-0.39, 0.29) is 0 Å². The van der Waals surface area contributed by atoms with Crippen LogP contribution in [0.1, 0.15) is 26.1 Å². The zero-order valence-corrected chi connectivity index (χ0v) is 10.4. The van der Waals surface area contributed by atoms with Crippen LogP contribution >= 0.6 is 11.8 Å². The van der Waals surface area contributed by atoms with Crippen LogP contribution in [0.5, 0.6) is 0 Å². The van der Waals surface area contributed by atoms with Crippen LogP contribution in [0.3, 0.4) is 0 Å². The molecule has 1 aromatic rings. The average molecular weight is 229 g/mol. The van der Waals surface area contributed by atoms with Gasteiger partial charge in [0.25, 0.3) is 0 Å². The molecule has 15 heavy (non-hydrogen) atoms. The second kappa shape index (κ2) is 6.79. The summed E-state index contributed by atoms with van der Waals surface area (Å²) in [7, 11) is 0. The number of nitrogens with one attached hydrogen (secondary N) is 1. The van der Waals surface area contributed by atoms with Gasteiger partial charge < -0.3 is 5.32 Å². The van der Waals surface area contributed by atoms with Crippen molar-refractivity contribution in [2.45, 2.75) is 38.6 Å². The maximum atomic E-state index is 3.99. The molecule has 5 nitrogen and oxygen atoms in total. The highest BCUT2D eigenvalue weighted by Crippen LogP contribution is 2.10. The van der Waals surface area contributed by atoms with E-state index in [1.54, 1.807) is 0 Å². The number of hydrogen-bond donors (Lipinski definition) is 1. The smallest absolute Gasteiger partial charge is 0.165 e. The van der Waals surface area contributed by atoms with Crippen molar-refractivity contribution < 1.29 is 0 Å². The Morgan fingerprint density at radius 3 is 3.00 bits per heavy atom. The van der Waals surface area contributed by atoms with Crippen LogP contribution in [0.2, 0.25) is 0 Å². The summed E-state index contributed by atoms with van der Waals surface area (Å²) < 4.78 is 1.88. The fourth-order valence-electron chi connectivity index (χ4n) is 1.18. The van der Waals surface area contributed by atoms with Gasteiger partial charge in [0.1, 0.15) is 0 Å². The minimum Gasteiger partial charge on any atom is -0.310 e. The van der Waals surface area contributed by atoms with Gasteiger partial charge in [-0.15, -0.1) is 5.10 Å². The Kier molecular flexibility index (Phi) is 5.63. The predicted molar refractivity (Wildman–Crippen MR) is 62.8 cm³/mol. The monoisotopic (exact) mass is 229 g/mol. The van der Waals surface area contributed by atoms with Crippen molar-refractivity contribution in [1.29, 1.82) is 0 Å². The lowest BCUT2D eigenvalue weighted by atomic mass is 10.3. The molecule has 0 aliphatic rings. The molecule has 1 N–H and O–H groups in total. The van der Waals surface area contributed by atoms with Crippen molar-refractivity contribution in [3.05, 3.63) is 5.82 Å². The number of thioether (sulfide) groups is 1. The first-order valence-electron chi connectivity index (χ1n) is 5.26. The molecule has 0 saturated carbocycles. The van der Waals surface area contributed by atoms with Crippen LogP contribution in [0.25, 0.3) is 0 Å². The van der Waals surface area contributed by atoms with E-state index in [1.807, 2.05) is 16.4 Å². The third-order valence-electron chi connectivity index (χ3n) is 2.29. The molecular formula is C9H19N5S.